The van der Waals surface area contributed by atoms with Gasteiger partial charge in [0.25, 0.3) is 5.54 Å². The first-order valence-electron chi connectivity index (χ1n) is 16.8. The molecule has 2 N–H and O–H groups in total. The minimum Gasteiger partial charge on any atom is -0.458 e. The Morgan fingerprint density at radius 2 is 1.33 bits per heavy atom. The molecule has 49 heavy (non-hydrogen) atoms. The third-order valence-electron chi connectivity index (χ3n) is 10.4. The summed E-state index contributed by atoms with van der Waals surface area (Å²) in [6.45, 7) is 36.6. The lowest BCUT2D eigenvalue weighted by Crippen LogP contribution is -2.60. The molecule has 3 rings (SSSR count). The van der Waals surface area contributed by atoms with E-state index in [1.54, 1.807) is 13.8 Å². The molecule has 3 fully saturated rings. The fourth-order valence-corrected chi connectivity index (χ4v) is 18.9. The minimum absolute atomic E-state index is 0.0456. The molecule has 0 bridgehead atoms. The molecule has 0 aromatic heterocycles. The first-order valence-corrected chi connectivity index (χ1v) is 20.8. The monoisotopic (exact) mass is 728 g/mol. The second-order valence-corrected chi connectivity index (χ2v) is 23.1. The van der Waals surface area contributed by atoms with Crippen LogP contribution in [0.1, 0.15) is 89.5 Å². The van der Waals surface area contributed by atoms with Crippen LogP contribution in [0, 0.1) is 19.1 Å². The van der Waals surface area contributed by atoms with Gasteiger partial charge in [-0.15, -0.1) is 0 Å². The first kappa shape index (κ1) is 42.7. The molecule has 0 spiro atoms. The van der Waals surface area contributed by atoms with Gasteiger partial charge in [-0.3, -0.25) is 14.4 Å². The number of hydrogen-bond acceptors (Lipinski definition) is 9. The molecule has 0 aromatic rings. The fourth-order valence-electron chi connectivity index (χ4n) is 7.67. The van der Waals surface area contributed by atoms with Crippen LogP contribution in [-0.2, 0) is 32.0 Å². The number of hydrogen-bond donors (Lipinski definition) is 2. The van der Waals surface area contributed by atoms with Crippen molar-refractivity contribution in [2.24, 2.45) is 5.92 Å². The molecule has 276 valence electrons. The molecule has 3 aliphatic rings. The Hall–Kier alpha value is -2.51. The van der Waals surface area contributed by atoms with Gasteiger partial charge >= 0.3 is 34.6 Å². The summed E-state index contributed by atoms with van der Waals surface area (Å²) in [5.41, 5.74) is -2.75. The quantitative estimate of drug-likeness (QED) is 0.161. The number of esters is 2. The summed E-state index contributed by atoms with van der Waals surface area (Å²) in [4.78, 5) is 29.4. The van der Waals surface area contributed by atoms with Crippen LogP contribution in [0.2, 0.25) is 22.2 Å². The van der Waals surface area contributed by atoms with Gasteiger partial charge in [0, 0.05) is 20.3 Å². The number of carbonyl (C=O) groups excluding carboxylic acids is 2. The van der Waals surface area contributed by atoms with Gasteiger partial charge < -0.3 is 37.5 Å². The van der Waals surface area contributed by atoms with E-state index in [-0.39, 0.29) is 33.3 Å². The summed E-state index contributed by atoms with van der Waals surface area (Å²) in [6, 6.07) is 0. The van der Waals surface area contributed by atoms with Gasteiger partial charge in [0.05, 0.1) is 29.7 Å². The summed E-state index contributed by atoms with van der Waals surface area (Å²) in [7, 11) is -5.94. The van der Waals surface area contributed by atoms with Crippen molar-refractivity contribution in [1.29, 1.82) is 0 Å². The molecule has 11 nitrogen and oxygen atoms in total. The van der Waals surface area contributed by atoms with Crippen LogP contribution < -0.4 is 0 Å². The third-order valence-corrected chi connectivity index (χ3v) is 20.7. The molecule has 0 unspecified atom stereocenters. The maximum absolute atomic E-state index is 14.1. The van der Waals surface area contributed by atoms with Gasteiger partial charge in [0.2, 0.25) is 0 Å². The van der Waals surface area contributed by atoms with Crippen LogP contribution in [0.4, 0.5) is 8.78 Å². The van der Waals surface area contributed by atoms with Gasteiger partial charge in [0.15, 0.2) is 18.3 Å². The molecule has 0 aromatic carbocycles. The number of aliphatic hydroxyl groups is 2. The molecule has 15 heteroatoms. The van der Waals surface area contributed by atoms with Crippen molar-refractivity contribution >= 4 is 29.1 Å². The van der Waals surface area contributed by atoms with E-state index in [4.69, 9.17) is 35.6 Å². The van der Waals surface area contributed by atoms with Gasteiger partial charge in [-0.1, -0.05) is 69.2 Å². The molecule has 2 saturated carbocycles. The molecule has 1 heterocycles. The van der Waals surface area contributed by atoms with E-state index in [1.807, 2.05) is 55.4 Å². The highest BCUT2D eigenvalue weighted by atomic mass is 28.5. The SMILES string of the molecule is [C-]#[N+][C@]1(CC)/C(=C\F)[C@H](OC(C)=O)[C@H](OC(C)=O)[C@@H]1C.[C-]#[N+][C@]1(CO)/C(=C\F)[C@@H]2O[Si](C(C)C)(C(C)C)O[Si](C(C)C)(C(C)C)O[C@@H]2[C@@H]1O. The zero-order chi connectivity index (χ0) is 37.9. The number of carbonyl (C=O) groups is 2. The maximum Gasteiger partial charge on any atom is 0.335 e. The molecule has 8 atom stereocenters. The normalized spacial score (nSPS) is 35.1. The van der Waals surface area contributed by atoms with Gasteiger partial charge in [0.1, 0.15) is 18.8 Å². The van der Waals surface area contributed by atoms with Crippen molar-refractivity contribution in [3.8, 4) is 0 Å². The summed E-state index contributed by atoms with van der Waals surface area (Å²) in [5.74, 6) is -1.65. The number of ether oxygens (including phenoxy) is 2. The molecule has 1 saturated heterocycles. The zero-order valence-corrected chi connectivity index (χ0v) is 32.7. The molecule has 1 aliphatic heterocycles. The lowest BCUT2D eigenvalue weighted by atomic mass is 9.83. The number of nitrogens with zero attached hydrogens (tertiary/aromatic N) is 2. The van der Waals surface area contributed by atoms with Crippen molar-refractivity contribution in [2.45, 2.75) is 153 Å². The van der Waals surface area contributed by atoms with Gasteiger partial charge in [-0.25, -0.2) is 21.9 Å². The van der Waals surface area contributed by atoms with Crippen LogP contribution in [0.5, 0.6) is 0 Å². The van der Waals surface area contributed by atoms with E-state index in [9.17, 15) is 28.6 Å². The van der Waals surface area contributed by atoms with Crippen LogP contribution in [-0.4, -0.2) is 87.5 Å². The van der Waals surface area contributed by atoms with Crippen molar-refractivity contribution < 1.29 is 51.0 Å². The van der Waals surface area contributed by atoms with Crippen molar-refractivity contribution in [3.63, 3.8) is 0 Å². The molecular weight excluding hydrogens is 675 g/mol. The van der Waals surface area contributed by atoms with Gasteiger partial charge in [-0.2, -0.15) is 0 Å². The van der Waals surface area contributed by atoms with Crippen LogP contribution in [0.15, 0.2) is 23.8 Å². The second-order valence-electron chi connectivity index (χ2n) is 14.3. The summed E-state index contributed by atoms with van der Waals surface area (Å²) >= 11 is 0. The Kier molecular flexibility index (Phi) is 14.1. The smallest absolute Gasteiger partial charge is 0.335 e. The highest BCUT2D eigenvalue weighted by Crippen LogP contribution is 2.54. The second kappa shape index (κ2) is 16.2. The van der Waals surface area contributed by atoms with Gasteiger partial charge in [-0.05, 0) is 22.2 Å². The van der Waals surface area contributed by atoms with E-state index in [1.165, 1.54) is 13.8 Å². The van der Waals surface area contributed by atoms with E-state index in [2.05, 4.69) is 9.69 Å². The largest absolute Gasteiger partial charge is 0.458 e. The average molecular weight is 729 g/mol. The van der Waals surface area contributed by atoms with Crippen LogP contribution in [0.3, 0.4) is 0 Å². The van der Waals surface area contributed by atoms with E-state index < -0.39 is 83.2 Å². The first-order chi connectivity index (χ1) is 22.7. The molecular formula is C34H54F2N2O9Si2. The number of fused-ring (bicyclic) bond motifs is 1. The van der Waals surface area contributed by atoms with E-state index >= 15 is 0 Å². The van der Waals surface area contributed by atoms with Crippen molar-refractivity contribution in [3.05, 3.63) is 46.6 Å². The van der Waals surface area contributed by atoms with Crippen molar-refractivity contribution in [1.82, 2.24) is 0 Å². The maximum atomic E-state index is 14.1. The zero-order valence-electron chi connectivity index (χ0n) is 30.7. The summed E-state index contributed by atoms with van der Waals surface area (Å²) < 4.78 is 57.9. The predicted molar refractivity (Wildman–Crippen MR) is 183 cm³/mol. The lowest BCUT2D eigenvalue weighted by Gasteiger charge is -2.46. The Labute approximate surface area is 292 Å². The molecule has 0 amide bonds. The van der Waals surface area contributed by atoms with Crippen LogP contribution in [0.25, 0.3) is 9.69 Å². The lowest BCUT2D eigenvalue weighted by molar-refractivity contribution is -0.162. The predicted octanol–water partition coefficient (Wildman–Crippen LogP) is 6.61. The number of rotatable bonds is 8. The Morgan fingerprint density at radius 1 is 0.878 bits per heavy atom. The van der Waals surface area contributed by atoms with E-state index in [0.29, 0.717) is 19.1 Å². The fraction of sp³-hybridized carbons (Fsp3) is 0.765. The Bertz CT molecular complexity index is 1350. The number of halogens is 2. The minimum atomic E-state index is -2.98. The third kappa shape index (κ3) is 7.18. The van der Waals surface area contributed by atoms with Crippen LogP contribution >= 0.6 is 0 Å². The Morgan fingerprint density at radius 3 is 1.67 bits per heavy atom. The highest BCUT2D eigenvalue weighted by Gasteiger charge is 2.71. The highest BCUT2D eigenvalue weighted by molar-refractivity contribution is 6.84. The molecule has 2 aliphatic carbocycles. The standard InChI is InChI=1S/C20H36FNO5Si2.C14H18FNO4/c1-12(2)28(13(3)4)25-17-16(10-21)20(11-23,22-9)19(24)18(17)26-29(27-28,14(5)6)15(7)8;1-6-14(16-5)8(2)12(19-9(3)17)13(11(14)7-15)20-10(4)18/h10,12-15,17-19,23-24H,11H2,1-8H3;7-8,12-13H,6H2,1-4H3/b16-10-;11-7-/t17-,18-,19-,20+;8-,12+,13-,14-/m00/s1. The average Bonchev–Trinajstić information content (AvgIpc) is 3.27. The number of aliphatic hydroxyl groups excluding tert-OH is 2. The summed E-state index contributed by atoms with van der Waals surface area (Å²) in [6.07, 6.45) is -4.28. The molecule has 0 radical (unpaired) electrons. The van der Waals surface area contributed by atoms with Crippen molar-refractivity contribution in [2.75, 3.05) is 6.61 Å². The topological polar surface area (TPSA) is 129 Å². The summed E-state index contributed by atoms with van der Waals surface area (Å²) in [5, 5.41) is 21.1. The van der Waals surface area contributed by atoms with E-state index in [0.717, 1.165) is 0 Å². The Balaban J connectivity index is 0.000000365.